The molecule has 3 N–H and O–H groups in total. The molecular weight excluding hydrogens is 297 g/mol. The van der Waals surface area contributed by atoms with Crippen LogP contribution in [0.3, 0.4) is 0 Å². The summed E-state index contributed by atoms with van der Waals surface area (Å²) in [6.07, 6.45) is 0.536. The van der Waals surface area contributed by atoms with Crippen LogP contribution in [0.1, 0.15) is 27.2 Å². The van der Waals surface area contributed by atoms with Gasteiger partial charge in [0.2, 0.25) is 0 Å². The van der Waals surface area contributed by atoms with Crippen LogP contribution in [0.4, 0.5) is 0 Å². The number of quaternary nitrogens is 1. The lowest BCUT2D eigenvalue weighted by atomic mass is 10.3. The highest BCUT2D eigenvalue weighted by Crippen LogP contribution is 2.18. The maximum atomic E-state index is 10.5. The highest BCUT2D eigenvalue weighted by molar-refractivity contribution is 7.85. The predicted molar refractivity (Wildman–Crippen MR) is 69.8 cm³/mol. The van der Waals surface area contributed by atoms with Crippen molar-refractivity contribution in [3.05, 3.63) is 0 Å². The average molecular weight is 321 g/mol. The van der Waals surface area contributed by atoms with E-state index in [0.717, 1.165) is 30.7 Å². The molecule has 0 rings (SSSR count). The van der Waals surface area contributed by atoms with E-state index in [1.807, 2.05) is 0 Å². The molecule has 0 aromatic heterocycles. The molecule has 0 bridgehead atoms. The summed E-state index contributed by atoms with van der Waals surface area (Å²) in [5.74, 6) is -0.118. The third-order valence-corrected chi connectivity index (χ3v) is 3.85. The van der Waals surface area contributed by atoms with Crippen molar-refractivity contribution in [3.63, 3.8) is 0 Å². The number of phosphoric acid groups is 1. The van der Waals surface area contributed by atoms with Crippen molar-refractivity contribution in [2.75, 3.05) is 31.9 Å². The molecule has 0 aliphatic rings. The average Bonchev–Trinajstić information content (AvgIpc) is 2.21. The SMILES string of the molecule is CC[N+](CC)(CC)CCCS(=O)(=O)O.O=P([O-])(O)O. The summed E-state index contributed by atoms with van der Waals surface area (Å²) in [6, 6.07) is 0. The zero-order valence-corrected chi connectivity index (χ0v) is 13.2. The molecule has 0 radical (unpaired) electrons. The minimum Gasteiger partial charge on any atom is -0.756 e. The number of rotatable bonds is 7. The second-order valence-corrected chi connectivity index (χ2v) is 6.70. The Hall–Kier alpha value is -0.0200. The molecule has 118 valence electrons. The summed E-state index contributed by atoms with van der Waals surface area (Å²) in [6.45, 7) is 10.2. The molecule has 0 aliphatic heterocycles. The molecule has 0 aromatic rings. The predicted octanol–water partition coefficient (Wildman–Crippen LogP) is -0.420. The highest BCUT2D eigenvalue weighted by Gasteiger charge is 2.20. The van der Waals surface area contributed by atoms with E-state index in [9.17, 15) is 8.42 Å². The van der Waals surface area contributed by atoms with E-state index in [-0.39, 0.29) is 5.75 Å². The first kappa shape index (κ1) is 21.3. The molecule has 0 saturated carbocycles. The van der Waals surface area contributed by atoms with Crippen LogP contribution >= 0.6 is 7.82 Å². The first-order chi connectivity index (χ1) is 8.39. The van der Waals surface area contributed by atoms with Crippen LogP contribution in [-0.4, -0.2) is 59.2 Å². The Labute approximate surface area is 114 Å². The molecule has 8 nitrogen and oxygen atoms in total. The maximum absolute atomic E-state index is 10.5. The summed E-state index contributed by atoms with van der Waals surface area (Å²) in [5, 5.41) is 0. The Bertz CT molecular complexity index is 358. The Morgan fingerprint density at radius 1 is 1.11 bits per heavy atom. The van der Waals surface area contributed by atoms with Gasteiger partial charge in [0.1, 0.15) is 0 Å². The van der Waals surface area contributed by atoms with Crippen molar-refractivity contribution in [1.29, 1.82) is 0 Å². The van der Waals surface area contributed by atoms with Gasteiger partial charge in [-0.3, -0.25) is 9.12 Å². The summed E-state index contributed by atoms with van der Waals surface area (Å²) < 4.78 is 39.4. The van der Waals surface area contributed by atoms with E-state index in [0.29, 0.717) is 6.42 Å². The van der Waals surface area contributed by atoms with Crippen LogP contribution in [0.5, 0.6) is 0 Å². The third kappa shape index (κ3) is 15.9. The van der Waals surface area contributed by atoms with E-state index in [1.165, 1.54) is 0 Å². The zero-order valence-electron chi connectivity index (χ0n) is 11.5. The normalized spacial score (nSPS) is 12.8. The Morgan fingerprint density at radius 2 is 1.42 bits per heavy atom. The van der Waals surface area contributed by atoms with Gasteiger partial charge in [-0.25, -0.2) is 0 Å². The van der Waals surface area contributed by atoms with E-state index >= 15 is 0 Å². The molecule has 0 spiro atoms. The highest BCUT2D eigenvalue weighted by atomic mass is 32.2. The monoisotopic (exact) mass is 321 g/mol. The molecule has 0 fully saturated rings. The minimum atomic E-state index is -4.89. The lowest BCUT2D eigenvalue weighted by Crippen LogP contribution is -2.48. The van der Waals surface area contributed by atoms with E-state index in [4.69, 9.17) is 23.8 Å². The number of nitrogens with zero attached hydrogens (tertiary/aromatic N) is 1. The molecule has 19 heavy (non-hydrogen) atoms. The van der Waals surface area contributed by atoms with Crippen molar-refractivity contribution < 1.29 is 36.7 Å². The molecule has 0 heterocycles. The van der Waals surface area contributed by atoms with Gasteiger partial charge in [-0.05, 0) is 20.8 Å². The lowest BCUT2D eigenvalue weighted by Gasteiger charge is -2.35. The summed E-state index contributed by atoms with van der Waals surface area (Å²) >= 11 is 0. The first-order valence-corrected chi connectivity index (χ1v) is 9.10. The maximum Gasteiger partial charge on any atom is 0.265 e. The summed E-state index contributed by atoms with van der Waals surface area (Å²) in [5.41, 5.74) is 0. The van der Waals surface area contributed by atoms with E-state index < -0.39 is 17.9 Å². The van der Waals surface area contributed by atoms with E-state index in [2.05, 4.69) is 20.8 Å². The topological polar surface area (TPSA) is 135 Å². The second-order valence-electron chi connectivity index (χ2n) is 4.14. The molecule has 0 aliphatic carbocycles. The van der Waals surface area contributed by atoms with Gasteiger partial charge in [0.05, 0.1) is 31.9 Å². The van der Waals surface area contributed by atoms with Crippen molar-refractivity contribution >= 4 is 17.9 Å². The molecule has 0 amide bonds. The zero-order chi connectivity index (χ0) is 15.7. The fraction of sp³-hybridized carbons (Fsp3) is 1.00. The molecular formula is C9H24NO7PS. The molecule has 0 saturated heterocycles. The van der Waals surface area contributed by atoms with E-state index in [1.54, 1.807) is 0 Å². The number of hydrogen-bond donors (Lipinski definition) is 3. The minimum absolute atomic E-state index is 0.118. The van der Waals surface area contributed by atoms with Gasteiger partial charge >= 0.3 is 0 Å². The van der Waals surface area contributed by atoms with Crippen LogP contribution in [-0.2, 0) is 14.7 Å². The molecule has 10 heteroatoms. The van der Waals surface area contributed by atoms with Gasteiger partial charge in [0.15, 0.2) is 0 Å². The first-order valence-electron chi connectivity index (χ1n) is 5.96. The van der Waals surface area contributed by atoms with Crippen LogP contribution < -0.4 is 4.89 Å². The molecule has 0 aromatic carbocycles. The Balaban J connectivity index is 0. The fourth-order valence-corrected chi connectivity index (χ4v) is 2.22. The van der Waals surface area contributed by atoms with Gasteiger partial charge in [-0.2, -0.15) is 8.42 Å². The lowest BCUT2D eigenvalue weighted by molar-refractivity contribution is -0.923. The van der Waals surface area contributed by atoms with Gasteiger partial charge in [-0.15, -0.1) is 0 Å². The van der Waals surface area contributed by atoms with Crippen molar-refractivity contribution in [2.24, 2.45) is 0 Å². The largest absolute Gasteiger partial charge is 0.756 e. The van der Waals surface area contributed by atoms with Gasteiger partial charge in [0, 0.05) is 6.42 Å². The summed E-state index contributed by atoms with van der Waals surface area (Å²) in [7, 11) is -8.67. The molecule has 0 atom stereocenters. The Morgan fingerprint density at radius 3 is 1.63 bits per heavy atom. The smallest absolute Gasteiger partial charge is 0.265 e. The number of hydrogen-bond acceptors (Lipinski definition) is 4. The standard InChI is InChI=1S/C9H21NO3S.H3O4P/c1-4-10(5-2,6-3)8-7-9-14(11,12)13;1-5(2,3)4/h4-9H2,1-3H3;(H3,1,2,3,4). The van der Waals surface area contributed by atoms with Gasteiger partial charge in [-0.1, -0.05) is 0 Å². The van der Waals surface area contributed by atoms with Crippen LogP contribution in [0.15, 0.2) is 0 Å². The second kappa shape index (κ2) is 9.02. The van der Waals surface area contributed by atoms with Gasteiger partial charge in [0.25, 0.3) is 17.9 Å². The van der Waals surface area contributed by atoms with Crippen molar-refractivity contribution in [1.82, 2.24) is 0 Å². The van der Waals surface area contributed by atoms with Crippen molar-refractivity contribution in [3.8, 4) is 0 Å². The molecule has 0 unspecified atom stereocenters. The third-order valence-electron chi connectivity index (χ3n) is 3.05. The van der Waals surface area contributed by atoms with Crippen LogP contribution in [0.25, 0.3) is 0 Å². The van der Waals surface area contributed by atoms with Crippen LogP contribution in [0.2, 0.25) is 0 Å². The van der Waals surface area contributed by atoms with Crippen LogP contribution in [0, 0.1) is 0 Å². The quantitative estimate of drug-likeness (QED) is 0.329. The van der Waals surface area contributed by atoms with Gasteiger partial charge < -0.3 is 19.2 Å². The summed E-state index contributed by atoms with van der Waals surface area (Å²) in [4.78, 5) is 22.9. The fourth-order valence-electron chi connectivity index (χ4n) is 1.73. The van der Waals surface area contributed by atoms with Crippen molar-refractivity contribution in [2.45, 2.75) is 27.2 Å². The Kier molecular flexibility index (Phi) is 10.1.